The van der Waals surface area contributed by atoms with Crippen LogP contribution in [0, 0.1) is 17.3 Å². The first-order valence-electron chi connectivity index (χ1n) is 10.2. The van der Waals surface area contributed by atoms with Crippen molar-refractivity contribution in [3.63, 3.8) is 0 Å². The van der Waals surface area contributed by atoms with Crippen molar-refractivity contribution >= 4 is 5.78 Å². The highest BCUT2D eigenvalue weighted by molar-refractivity contribution is 5.83. The number of hydrogen-bond donors (Lipinski definition) is 0. The summed E-state index contributed by atoms with van der Waals surface area (Å²) in [5.74, 6) is 1.32. The molecule has 0 heterocycles. The summed E-state index contributed by atoms with van der Waals surface area (Å²) in [4.78, 5) is 12.3. The van der Waals surface area contributed by atoms with Gasteiger partial charge in [-0.3, -0.25) is 4.79 Å². The fourth-order valence-corrected chi connectivity index (χ4v) is 5.47. The van der Waals surface area contributed by atoms with Crippen molar-refractivity contribution in [3.05, 3.63) is 0 Å². The van der Waals surface area contributed by atoms with E-state index in [0.717, 1.165) is 58.2 Å². The molecule has 4 unspecified atom stereocenters. The van der Waals surface area contributed by atoms with Crippen molar-refractivity contribution in [2.45, 2.75) is 97.7 Å². The third-order valence-electron chi connectivity index (χ3n) is 7.18. The second-order valence-corrected chi connectivity index (χ2v) is 8.21. The Hall–Kier alpha value is -0.410. The summed E-state index contributed by atoms with van der Waals surface area (Å²) in [6.07, 6.45) is 8.53. The van der Waals surface area contributed by atoms with E-state index in [1.54, 1.807) is 0 Å². The highest BCUT2D eigenvalue weighted by atomic mass is 16.5. The molecule has 0 amide bonds. The summed E-state index contributed by atoms with van der Waals surface area (Å²) in [5.41, 5.74) is 0.138. The number of ether oxygens (including phenoxy) is 2. The quantitative estimate of drug-likeness (QED) is 0.582. The second kappa shape index (κ2) is 8.31. The molecule has 0 saturated heterocycles. The van der Waals surface area contributed by atoms with Gasteiger partial charge in [0.05, 0.1) is 11.7 Å². The van der Waals surface area contributed by atoms with E-state index < -0.39 is 0 Å². The van der Waals surface area contributed by atoms with Crippen molar-refractivity contribution in [1.82, 2.24) is 0 Å². The Morgan fingerprint density at radius 1 is 1.25 bits per heavy atom. The van der Waals surface area contributed by atoms with Crippen LogP contribution in [0.15, 0.2) is 0 Å². The van der Waals surface area contributed by atoms with Crippen LogP contribution in [0.25, 0.3) is 0 Å². The first-order chi connectivity index (χ1) is 11.4. The fraction of sp³-hybridized carbons (Fsp3) is 0.952. The number of fused-ring (bicyclic) bond motifs is 1. The number of hydrogen-bond acceptors (Lipinski definition) is 3. The minimum absolute atomic E-state index is 0.0304. The van der Waals surface area contributed by atoms with Gasteiger partial charge in [0.2, 0.25) is 0 Å². The van der Waals surface area contributed by atoms with Crippen LogP contribution in [0.5, 0.6) is 0 Å². The predicted molar refractivity (Wildman–Crippen MR) is 98.1 cm³/mol. The molecular weight excluding hydrogens is 300 g/mol. The summed E-state index contributed by atoms with van der Waals surface area (Å²) in [7, 11) is 0. The minimum Gasteiger partial charge on any atom is -0.378 e. The lowest BCUT2D eigenvalue weighted by atomic mass is 9.64. The molecule has 0 bridgehead atoms. The van der Waals surface area contributed by atoms with Crippen molar-refractivity contribution in [2.75, 3.05) is 13.2 Å². The predicted octanol–water partition coefficient (Wildman–Crippen LogP) is 5.16. The summed E-state index contributed by atoms with van der Waals surface area (Å²) >= 11 is 0. The Bertz CT molecular complexity index is 415. The number of carbonyl (C=O) groups excluding carboxylic acids is 1. The van der Waals surface area contributed by atoms with Gasteiger partial charge in [-0.2, -0.15) is 0 Å². The molecule has 0 N–H and O–H groups in total. The molecule has 2 fully saturated rings. The van der Waals surface area contributed by atoms with Gasteiger partial charge >= 0.3 is 0 Å². The summed E-state index contributed by atoms with van der Waals surface area (Å²) in [6, 6.07) is 0. The van der Waals surface area contributed by atoms with Gasteiger partial charge in [-0.25, -0.2) is 0 Å². The zero-order valence-corrected chi connectivity index (χ0v) is 16.5. The van der Waals surface area contributed by atoms with E-state index in [1.807, 2.05) is 0 Å². The Balaban J connectivity index is 1.91. The maximum Gasteiger partial charge on any atom is 0.136 e. The van der Waals surface area contributed by atoms with Gasteiger partial charge in [-0.05, 0) is 70.1 Å². The average molecular weight is 339 g/mol. The van der Waals surface area contributed by atoms with Crippen LogP contribution >= 0.6 is 0 Å². The Morgan fingerprint density at radius 3 is 2.58 bits per heavy atom. The normalized spacial score (nSPS) is 32.0. The topological polar surface area (TPSA) is 35.5 Å². The molecule has 0 radical (unpaired) electrons. The average Bonchev–Trinajstić information content (AvgIpc) is 2.92. The van der Waals surface area contributed by atoms with Crippen molar-refractivity contribution < 1.29 is 14.3 Å². The zero-order chi connectivity index (χ0) is 17.8. The van der Waals surface area contributed by atoms with E-state index in [-0.39, 0.29) is 23.0 Å². The van der Waals surface area contributed by atoms with Gasteiger partial charge in [-0.1, -0.05) is 20.8 Å². The monoisotopic (exact) mass is 338 g/mol. The van der Waals surface area contributed by atoms with Crippen LogP contribution in [0.1, 0.15) is 86.0 Å². The Morgan fingerprint density at radius 2 is 1.96 bits per heavy atom. The van der Waals surface area contributed by atoms with E-state index >= 15 is 0 Å². The molecule has 24 heavy (non-hydrogen) atoms. The molecule has 0 aromatic carbocycles. The number of carbonyl (C=O) groups is 1. The molecule has 2 rings (SSSR count). The number of rotatable bonds is 9. The first kappa shape index (κ1) is 19.9. The third-order valence-corrected chi connectivity index (χ3v) is 7.18. The van der Waals surface area contributed by atoms with Crippen molar-refractivity contribution in [2.24, 2.45) is 17.3 Å². The molecule has 140 valence electrons. The number of Topliss-reactive ketones (excluding diaryl/α,β-unsaturated/α-hetero) is 1. The zero-order valence-electron chi connectivity index (χ0n) is 16.5. The van der Waals surface area contributed by atoms with Crippen LogP contribution in [0.4, 0.5) is 0 Å². The van der Waals surface area contributed by atoms with Crippen molar-refractivity contribution in [3.8, 4) is 0 Å². The fourth-order valence-electron chi connectivity index (χ4n) is 5.47. The van der Waals surface area contributed by atoms with E-state index in [1.165, 1.54) is 6.42 Å². The maximum atomic E-state index is 12.3. The van der Waals surface area contributed by atoms with Gasteiger partial charge in [0, 0.05) is 25.6 Å². The van der Waals surface area contributed by atoms with Crippen LogP contribution in [-0.2, 0) is 14.3 Å². The second-order valence-electron chi connectivity index (χ2n) is 8.21. The van der Waals surface area contributed by atoms with Gasteiger partial charge in [0.15, 0.2) is 0 Å². The molecule has 0 aromatic heterocycles. The molecule has 0 aromatic rings. The number of ketones is 1. The highest BCUT2D eigenvalue weighted by Gasteiger charge is 2.52. The SMILES string of the molecule is CCOC(CC)(CC)CCOC(C)C1CCC2C(=O)CCCC21C. The molecule has 2 aliphatic rings. The van der Waals surface area contributed by atoms with Crippen LogP contribution in [0.2, 0.25) is 0 Å². The minimum atomic E-state index is -0.0304. The Kier molecular flexibility index (Phi) is 6.90. The summed E-state index contributed by atoms with van der Waals surface area (Å²) in [6.45, 7) is 12.6. The van der Waals surface area contributed by atoms with Crippen LogP contribution in [0.3, 0.4) is 0 Å². The molecule has 3 heteroatoms. The largest absolute Gasteiger partial charge is 0.378 e. The molecule has 2 saturated carbocycles. The standard InChI is InChI=1S/C21H38O3/c1-6-21(7-2,24-8-3)14-15-23-16(4)17-11-12-18-19(22)10-9-13-20(17,18)5/h16-18H,6-15H2,1-5H3. The molecule has 3 nitrogen and oxygen atoms in total. The first-order valence-corrected chi connectivity index (χ1v) is 10.2. The van der Waals surface area contributed by atoms with Gasteiger partial charge in [0.25, 0.3) is 0 Å². The summed E-state index contributed by atoms with van der Waals surface area (Å²) in [5, 5.41) is 0. The van der Waals surface area contributed by atoms with Gasteiger partial charge in [-0.15, -0.1) is 0 Å². The van der Waals surface area contributed by atoms with E-state index in [2.05, 4.69) is 34.6 Å². The maximum absolute atomic E-state index is 12.3. The lowest BCUT2D eigenvalue weighted by molar-refractivity contribution is -0.131. The van der Waals surface area contributed by atoms with Gasteiger partial charge in [0.1, 0.15) is 5.78 Å². The lowest BCUT2D eigenvalue weighted by Crippen LogP contribution is -2.42. The molecule has 2 aliphatic carbocycles. The summed E-state index contributed by atoms with van der Waals surface area (Å²) < 4.78 is 12.3. The smallest absolute Gasteiger partial charge is 0.136 e. The molecular formula is C21H38O3. The van der Waals surface area contributed by atoms with E-state index in [4.69, 9.17) is 9.47 Å². The molecule has 0 spiro atoms. The van der Waals surface area contributed by atoms with E-state index in [0.29, 0.717) is 11.7 Å². The van der Waals surface area contributed by atoms with E-state index in [9.17, 15) is 4.79 Å². The highest BCUT2D eigenvalue weighted by Crippen LogP contribution is 2.55. The van der Waals surface area contributed by atoms with Crippen LogP contribution in [-0.4, -0.2) is 30.7 Å². The molecule has 0 aliphatic heterocycles. The van der Waals surface area contributed by atoms with Gasteiger partial charge < -0.3 is 9.47 Å². The van der Waals surface area contributed by atoms with Crippen molar-refractivity contribution in [1.29, 1.82) is 0 Å². The Labute approximate surface area is 148 Å². The van der Waals surface area contributed by atoms with Crippen LogP contribution < -0.4 is 0 Å². The lowest BCUT2D eigenvalue weighted by Gasteiger charge is -2.42. The third kappa shape index (κ3) is 3.88. The molecule has 4 atom stereocenters.